The van der Waals surface area contributed by atoms with Gasteiger partial charge in [0.2, 0.25) is 0 Å². The third-order valence-corrected chi connectivity index (χ3v) is 3.90. The highest BCUT2D eigenvalue weighted by Gasteiger charge is 2.29. The molecule has 110 valence electrons. The Kier molecular flexibility index (Phi) is 5.26. The number of hydrogen-bond donors (Lipinski definition) is 2. The number of methoxy groups -OCH3 is 1. The number of carbonyl (C=O) groups excluding carboxylic acids is 1. The summed E-state index contributed by atoms with van der Waals surface area (Å²) < 4.78 is 5.41. The lowest BCUT2D eigenvalue weighted by Gasteiger charge is -2.20. The molecule has 20 heavy (non-hydrogen) atoms. The number of benzene rings is 1. The molecule has 1 aromatic carbocycles. The molecule has 4 nitrogen and oxygen atoms in total. The van der Waals surface area contributed by atoms with Crippen LogP contribution < -0.4 is 10.6 Å². The Labute approximate surface area is 124 Å². The van der Waals surface area contributed by atoms with E-state index in [0.717, 1.165) is 31.5 Å². The van der Waals surface area contributed by atoms with Crippen molar-refractivity contribution >= 4 is 23.2 Å². The minimum Gasteiger partial charge on any atom is -0.385 e. The summed E-state index contributed by atoms with van der Waals surface area (Å²) in [6.07, 6.45) is 3.15. The zero-order valence-corrected chi connectivity index (χ0v) is 12.7. The molecule has 0 aromatic heterocycles. The standard InChI is InChI=1S/C15H21ClN2O2/c1-3-17-12-8-7-10(16)9-11(12)15(19)18-13-5-4-6-14(13)20-2/h7-9,13-14,17H,3-6H2,1-2H3,(H,18,19). The average molecular weight is 297 g/mol. The van der Waals surface area contributed by atoms with Gasteiger partial charge in [0.15, 0.2) is 0 Å². The zero-order chi connectivity index (χ0) is 14.5. The Hall–Kier alpha value is -1.26. The maximum absolute atomic E-state index is 12.4. The van der Waals surface area contributed by atoms with Crippen molar-refractivity contribution in [3.63, 3.8) is 0 Å². The molecule has 0 saturated heterocycles. The Morgan fingerprint density at radius 3 is 2.95 bits per heavy atom. The monoisotopic (exact) mass is 296 g/mol. The number of halogens is 1. The van der Waals surface area contributed by atoms with Crippen LogP contribution in [0.2, 0.25) is 5.02 Å². The molecular formula is C15H21ClN2O2. The second-order valence-corrected chi connectivity index (χ2v) is 5.44. The largest absolute Gasteiger partial charge is 0.385 e. The molecule has 0 radical (unpaired) electrons. The molecule has 1 amide bonds. The van der Waals surface area contributed by atoms with Crippen LogP contribution in [-0.2, 0) is 4.74 Å². The van der Waals surface area contributed by atoms with E-state index < -0.39 is 0 Å². The summed E-state index contributed by atoms with van der Waals surface area (Å²) in [5.41, 5.74) is 1.39. The van der Waals surface area contributed by atoms with Gasteiger partial charge in [-0.3, -0.25) is 4.79 Å². The van der Waals surface area contributed by atoms with Crippen LogP contribution in [0.4, 0.5) is 5.69 Å². The van der Waals surface area contributed by atoms with Crippen LogP contribution in [0.5, 0.6) is 0 Å². The lowest BCUT2D eigenvalue weighted by Crippen LogP contribution is -2.40. The van der Waals surface area contributed by atoms with E-state index in [0.29, 0.717) is 10.6 Å². The number of carbonyl (C=O) groups is 1. The molecule has 0 bridgehead atoms. The van der Waals surface area contributed by atoms with Crippen LogP contribution in [0.15, 0.2) is 18.2 Å². The normalized spacial score (nSPS) is 21.8. The van der Waals surface area contributed by atoms with Gasteiger partial charge >= 0.3 is 0 Å². The average Bonchev–Trinajstić information content (AvgIpc) is 2.88. The van der Waals surface area contributed by atoms with E-state index in [1.165, 1.54) is 0 Å². The summed E-state index contributed by atoms with van der Waals surface area (Å²) >= 11 is 6.00. The summed E-state index contributed by atoms with van der Waals surface area (Å²) in [5, 5.41) is 6.80. The minimum absolute atomic E-state index is 0.0842. The van der Waals surface area contributed by atoms with Gasteiger partial charge in [-0.25, -0.2) is 0 Å². The van der Waals surface area contributed by atoms with Crippen molar-refractivity contribution in [2.24, 2.45) is 0 Å². The maximum Gasteiger partial charge on any atom is 0.253 e. The SMILES string of the molecule is CCNc1ccc(Cl)cc1C(=O)NC1CCCC1OC. The van der Waals surface area contributed by atoms with Gasteiger partial charge in [-0.15, -0.1) is 0 Å². The molecule has 1 aliphatic rings. The van der Waals surface area contributed by atoms with E-state index in [1.807, 2.05) is 13.0 Å². The Bertz CT molecular complexity index is 479. The Balaban J connectivity index is 2.13. The first kappa shape index (κ1) is 15.1. The van der Waals surface area contributed by atoms with Crippen molar-refractivity contribution in [2.75, 3.05) is 19.0 Å². The Morgan fingerprint density at radius 1 is 1.45 bits per heavy atom. The molecule has 1 saturated carbocycles. The van der Waals surface area contributed by atoms with Gasteiger partial charge in [0, 0.05) is 24.4 Å². The fourth-order valence-corrected chi connectivity index (χ4v) is 2.84. The van der Waals surface area contributed by atoms with E-state index in [1.54, 1.807) is 19.2 Å². The quantitative estimate of drug-likeness (QED) is 0.878. The first-order valence-corrected chi connectivity index (χ1v) is 7.40. The minimum atomic E-state index is -0.0996. The molecule has 2 rings (SSSR count). The molecule has 0 heterocycles. The highest BCUT2D eigenvalue weighted by molar-refractivity contribution is 6.31. The highest BCUT2D eigenvalue weighted by Crippen LogP contribution is 2.24. The summed E-state index contributed by atoms with van der Waals surface area (Å²) in [6.45, 7) is 2.75. The van der Waals surface area contributed by atoms with Gasteiger partial charge < -0.3 is 15.4 Å². The van der Waals surface area contributed by atoms with Crippen LogP contribution in [-0.4, -0.2) is 31.7 Å². The van der Waals surface area contributed by atoms with Crippen molar-refractivity contribution in [3.05, 3.63) is 28.8 Å². The fraction of sp³-hybridized carbons (Fsp3) is 0.533. The number of rotatable bonds is 5. The second kappa shape index (κ2) is 6.95. The summed E-state index contributed by atoms with van der Waals surface area (Å²) in [6, 6.07) is 5.40. The van der Waals surface area contributed by atoms with Gasteiger partial charge in [0.1, 0.15) is 0 Å². The molecule has 0 spiro atoms. The van der Waals surface area contributed by atoms with Gasteiger partial charge in [-0.05, 0) is 44.4 Å². The molecule has 1 aliphatic carbocycles. The van der Waals surface area contributed by atoms with Crippen LogP contribution in [0.3, 0.4) is 0 Å². The molecule has 2 unspecified atom stereocenters. The van der Waals surface area contributed by atoms with Gasteiger partial charge in [0.05, 0.1) is 17.7 Å². The summed E-state index contributed by atoms with van der Waals surface area (Å²) in [5.74, 6) is -0.0996. The number of hydrogen-bond acceptors (Lipinski definition) is 3. The van der Waals surface area contributed by atoms with E-state index in [9.17, 15) is 4.79 Å². The molecule has 1 aromatic rings. The van der Waals surface area contributed by atoms with Crippen LogP contribution in [0.1, 0.15) is 36.5 Å². The lowest BCUT2D eigenvalue weighted by molar-refractivity contribution is 0.0722. The first-order valence-electron chi connectivity index (χ1n) is 7.02. The summed E-state index contributed by atoms with van der Waals surface area (Å²) in [4.78, 5) is 12.4. The van der Waals surface area contributed by atoms with E-state index in [2.05, 4.69) is 10.6 Å². The smallest absolute Gasteiger partial charge is 0.253 e. The van der Waals surface area contributed by atoms with Crippen molar-refractivity contribution in [2.45, 2.75) is 38.3 Å². The van der Waals surface area contributed by atoms with Crippen molar-refractivity contribution in [3.8, 4) is 0 Å². The summed E-state index contributed by atoms with van der Waals surface area (Å²) in [7, 11) is 1.69. The zero-order valence-electron chi connectivity index (χ0n) is 11.9. The van der Waals surface area contributed by atoms with Crippen molar-refractivity contribution in [1.29, 1.82) is 0 Å². The molecule has 2 N–H and O–H groups in total. The van der Waals surface area contributed by atoms with Gasteiger partial charge in [-0.2, -0.15) is 0 Å². The van der Waals surface area contributed by atoms with Gasteiger partial charge in [-0.1, -0.05) is 11.6 Å². The van der Waals surface area contributed by atoms with E-state index in [4.69, 9.17) is 16.3 Å². The van der Waals surface area contributed by atoms with E-state index in [-0.39, 0.29) is 18.1 Å². The first-order chi connectivity index (χ1) is 9.65. The number of nitrogens with one attached hydrogen (secondary N) is 2. The predicted octanol–water partition coefficient (Wildman–Crippen LogP) is 3.07. The van der Waals surface area contributed by atoms with Crippen LogP contribution in [0, 0.1) is 0 Å². The topological polar surface area (TPSA) is 50.4 Å². The van der Waals surface area contributed by atoms with Gasteiger partial charge in [0.25, 0.3) is 5.91 Å². The Morgan fingerprint density at radius 2 is 2.25 bits per heavy atom. The predicted molar refractivity (Wildman–Crippen MR) is 81.5 cm³/mol. The van der Waals surface area contributed by atoms with Crippen LogP contribution >= 0.6 is 11.6 Å². The lowest BCUT2D eigenvalue weighted by atomic mass is 10.1. The molecule has 1 fully saturated rings. The molecule has 0 aliphatic heterocycles. The number of ether oxygens (including phenoxy) is 1. The molecule has 2 atom stereocenters. The highest BCUT2D eigenvalue weighted by atomic mass is 35.5. The van der Waals surface area contributed by atoms with E-state index >= 15 is 0 Å². The number of anilines is 1. The molecular weight excluding hydrogens is 276 g/mol. The van der Waals surface area contributed by atoms with Crippen molar-refractivity contribution in [1.82, 2.24) is 5.32 Å². The molecule has 5 heteroatoms. The second-order valence-electron chi connectivity index (χ2n) is 5.01. The third-order valence-electron chi connectivity index (χ3n) is 3.67. The number of amides is 1. The fourth-order valence-electron chi connectivity index (χ4n) is 2.67. The van der Waals surface area contributed by atoms with Crippen molar-refractivity contribution < 1.29 is 9.53 Å². The van der Waals surface area contributed by atoms with Crippen LogP contribution in [0.25, 0.3) is 0 Å². The maximum atomic E-state index is 12.4. The third kappa shape index (κ3) is 3.44.